The molecule has 0 spiro atoms. The molecule has 184 valence electrons. The molecule has 3 aromatic carbocycles. The summed E-state index contributed by atoms with van der Waals surface area (Å²) in [6.45, 7) is 1.40. The van der Waals surface area contributed by atoms with E-state index in [9.17, 15) is 18.0 Å². The Balaban J connectivity index is 1.95. The van der Waals surface area contributed by atoms with Gasteiger partial charge in [-0.1, -0.05) is 60.1 Å². The average molecular weight is 514 g/mol. The van der Waals surface area contributed by atoms with E-state index in [1.165, 1.54) is 24.1 Å². The molecule has 0 aliphatic carbocycles. The average Bonchev–Trinajstić information content (AvgIpc) is 2.88. The molecule has 0 unspecified atom stereocenters. The van der Waals surface area contributed by atoms with E-state index in [-0.39, 0.29) is 17.3 Å². The molecular formula is C26H28ClN3O4S. The van der Waals surface area contributed by atoms with Crippen molar-refractivity contribution in [2.24, 2.45) is 0 Å². The second kappa shape index (κ2) is 11.9. The lowest BCUT2D eigenvalue weighted by Crippen LogP contribution is -2.51. The van der Waals surface area contributed by atoms with Crippen LogP contribution in [0.1, 0.15) is 12.5 Å². The molecule has 7 nitrogen and oxygen atoms in total. The van der Waals surface area contributed by atoms with Gasteiger partial charge in [-0.15, -0.1) is 0 Å². The molecule has 0 radical (unpaired) electrons. The lowest BCUT2D eigenvalue weighted by atomic mass is 10.1. The number of nitrogens with zero attached hydrogens (tertiary/aromatic N) is 2. The van der Waals surface area contributed by atoms with Crippen molar-refractivity contribution in [1.82, 2.24) is 10.2 Å². The lowest BCUT2D eigenvalue weighted by Gasteiger charge is -2.31. The summed E-state index contributed by atoms with van der Waals surface area (Å²) in [5, 5.41) is 3.01. The third-order valence-corrected chi connectivity index (χ3v) is 7.66. The lowest BCUT2D eigenvalue weighted by molar-refractivity contribution is -0.138. The molecule has 1 N–H and O–H groups in total. The zero-order valence-electron chi connectivity index (χ0n) is 19.6. The number of likely N-dealkylation sites (N-methyl/N-ethyl adjacent to an activating group) is 1. The number of carbonyl (C=O) groups is 2. The van der Waals surface area contributed by atoms with Gasteiger partial charge in [0, 0.05) is 18.6 Å². The van der Waals surface area contributed by atoms with Crippen LogP contribution < -0.4 is 9.62 Å². The second-order valence-electron chi connectivity index (χ2n) is 7.91. The monoisotopic (exact) mass is 513 g/mol. The number of rotatable bonds is 10. The molecule has 0 aromatic heterocycles. The molecule has 0 aliphatic rings. The summed E-state index contributed by atoms with van der Waals surface area (Å²) < 4.78 is 28.2. The fourth-order valence-electron chi connectivity index (χ4n) is 3.63. The minimum atomic E-state index is -4.07. The third kappa shape index (κ3) is 6.61. The molecule has 0 fully saturated rings. The Morgan fingerprint density at radius 1 is 0.914 bits per heavy atom. The van der Waals surface area contributed by atoms with Crippen LogP contribution in [0, 0.1) is 0 Å². The number of amides is 2. The highest BCUT2D eigenvalue weighted by molar-refractivity contribution is 7.92. The molecule has 0 saturated heterocycles. The van der Waals surface area contributed by atoms with Gasteiger partial charge in [0.2, 0.25) is 11.8 Å². The molecule has 0 aliphatic heterocycles. The van der Waals surface area contributed by atoms with Gasteiger partial charge in [0.25, 0.3) is 10.0 Å². The highest BCUT2D eigenvalue weighted by atomic mass is 35.5. The highest BCUT2D eigenvalue weighted by Crippen LogP contribution is 2.25. The van der Waals surface area contributed by atoms with Crippen molar-refractivity contribution in [1.29, 1.82) is 0 Å². The van der Waals surface area contributed by atoms with E-state index in [2.05, 4.69) is 5.32 Å². The minimum Gasteiger partial charge on any atom is -0.357 e. The Kier molecular flexibility index (Phi) is 8.89. The molecule has 0 heterocycles. The SMILES string of the molecule is CNC(=O)[C@@H](C)N(CCc1ccccc1)C(=O)CN(c1ccc(Cl)cc1)S(=O)(=O)c1ccccc1. The van der Waals surface area contributed by atoms with Crippen LogP contribution in [0.2, 0.25) is 5.02 Å². The zero-order chi connectivity index (χ0) is 25.4. The second-order valence-corrected chi connectivity index (χ2v) is 10.2. The standard InChI is InChI=1S/C26H28ClN3O4S/c1-20(26(32)28-2)29(18-17-21-9-5-3-6-10-21)25(31)19-30(23-15-13-22(27)14-16-23)35(33,34)24-11-7-4-8-12-24/h3-16,20H,17-19H2,1-2H3,(H,28,32)/t20-/m1/s1. The molecular weight excluding hydrogens is 486 g/mol. The van der Waals surface area contributed by atoms with Crippen LogP contribution in [-0.2, 0) is 26.0 Å². The summed E-state index contributed by atoms with van der Waals surface area (Å²) >= 11 is 6.01. The van der Waals surface area contributed by atoms with E-state index in [1.54, 1.807) is 49.4 Å². The molecule has 2 amide bonds. The van der Waals surface area contributed by atoms with Gasteiger partial charge in [0.1, 0.15) is 12.6 Å². The summed E-state index contributed by atoms with van der Waals surface area (Å²) in [6.07, 6.45) is 0.514. The number of nitrogens with one attached hydrogen (secondary N) is 1. The molecule has 1 atom stereocenters. The third-order valence-electron chi connectivity index (χ3n) is 5.62. The quantitative estimate of drug-likeness (QED) is 0.447. The Hall–Kier alpha value is -3.36. The van der Waals surface area contributed by atoms with Crippen LogP contribution in [0.3, 0.4) is 0 Å². The number of sulfonamides is 1. The summed E-state index contributed by atoms with van der Waals surface area (Å²) in [6, 6.07) is 22.9. The summed E-state index contributed by atoms with van der Waals surface area (Å²) in [5.41, 5.74) is 1.29. The summed E-state index contributed by atoms with van der Waals surface area (Å²) in [5.74, 6) is -0.832. The largest absolute Gasteiger partial charge is 0.357 e. The summed E-state index contributed by atoms with van der Waals surface area (Å²) in [7, 11) is -2.57. The first-order valence-corrected chi connectivity index (χ1v) is 12.9. The number of hydrogen-bond donors (Lipinski definition) is 1. The molecule has 0 bridgehead atoms. The van der Waals surface area contributed by atoms with Gasteiger partial charge in [0.15, 0.2) is 0 Å². The van der Waals surface area contributed by atoms with Gasteiger partial charge in [-0.25, -0.2) is 8.42 Å². The smallest absolute Gasteiger partial charge is 0.264 e. The maximum atomic E-state index is 13.6. The van der Waals surface area contributed by atoms with Crippen molar-refractivity contribution >= 4 is 39.1 Å². The van der Waals surface area contributed by atoms with Gasteiger partial charge in [-0.05, 0) is 55.3 Å². The van der Waals surface area contributed by atoms with Crippen LogP contribution in [0.5, 0.6) is 0 Å². The highest BCUT2D eigenvalue weighted by Gasteiger charge is 2.32. The zero-order valence-corrected chi connectivity index (χ0v) is 21.2. The maximum Gasteiger partial charge on any atom is 0.264 e. The predicted molar refractivity (Wildman–Crippen MR) is 138 cm³/mol. The molecule has 0 saturated carbocycles. The predicted octanol–water partition coefficient (Wildman–Crippen LogP) is 3.74. The van der Waals surface area contributed by atoms with Gasteiger partial charge >= 0.3 is 0 Å². The maximum absolute atomic E-state index is 13.6. The van der Waals surface area contributed by atoms with Gasteiger partial charge < -0.3 is 10.2 Å². The summed E-state index contributed by atoms with van der Waals surface area (Å²) in [4.78, 5) is 27.5. The Labute approximate surface area is 211 Å². The molecule has 3 rings (SSSR count). The Morgan fingerprint density at radius 2 is 1.49 bits per heavy atom. The van der Waals surface area contributed by atoms with Crippen molar-refractivity contribution in [2.45, 2.75) is 24.3 Å². The molecule has 9 heteroatoms. The van der Waals surface area contributed by atoms with E-state index >= 15 is 0 Å². The number of anilines is 1. The molecule has 3 aromatic rings. The first kappa shape index (κ1) is 26.2. The van der Waals surface area contributed by atoms with E-state index in [1.807, 2.05) is 30.3 Å². The van der Waals surface area contributed by atoms with E-state index < -0.39 is 28.5 Å². The van der Waals surface area contributed by atoms with Crippen LogP contribution >= 0.6 is 11.6 Å². The minimum absolute atomic E-state index is 0.0536. The van der Waals surface area contributed by atoms with Gasteiger partial charge in [-0.3, -0.25) is 13.9 Å². The first-order valence-electron chi connectivity index (χ1n) is 11.1. The number of benzene rings is 3. The normalized spacial score (nSPS) is 12.0. The van der Waals surface area contributed by atoms with E-state index in [0.717, 1.165) is 9.87 Å². The van der Waals surface area contributed by atoms with Crippen molar-refractivity contribution in [3.05, 3.63) is 95.5 Å². The van der Waals surface area contributed by atoms with E-state index in [0.29, 0.717) is 17.1 Å². The fraction of sp³-hybridized carbons (Fsp3) is 0.231. The van der Waals surface area contributed by atoms with Gasteiger partial charge in [0.05, 0.1) is 10.6 Å². The van der Waals surface area contributed by atoms with Crippen LogP contribution in [0.15, 0.2) is 89.8 Å². The molecule has 35 heavy (non-hydrogen) atoms. The topological polar surface area (TPSA) is 86.8 Å². The van der Waals surface area contributed by atoms with Crippen molar-refractivity contribution in [3.8, 4) is 0 Å². The Morgan fingerprint density at radius 3 is 2.06 bits per heavy atom. The fourth-order valence-corrected chi connectivity index (χ4v) is 5.20. The first-order chi connectivity index (χ1) is 16.7. The van der Waals surface area contributed by atoms with Crippen molar-refractivity contribution < 1.29 is 18.0 Å². The number of hydrogen-bond acceptors (Lipinski definition) is 4. The van der Waals surface area contributed by atoms with Crippen LogP contribution in [0.4, 0.5) is 5.69 Å². The van der Waals surface area contributed by atoms with Gasteiger partial charge in [-0.2, -0.15) is 0 Å². The van der Waals surface area contributed by atoms with Crippen molar-refractivity contribution in [3.63, 3.8) is 0 Å². The Bertz CT molecular complexity index is 1240. The van der Waals surface area contributed by atoms with Crippen molar-refractivity contribution in [2.75, 3.05) is 24.4 Å². The van der Waals surface area contributed by atoms with Crippen LogP contribution in [-0.4, -0.2) is 51.3 Å². The van der Waals surface area contributed by atoms with E-state index in [4.69, 9.17) is 11.6 Å². The number of halogens is 1. The number of carbonyl (C=O) groups excluding carboxylic acids is 2. The van der Waals surface area contributed by atoms with Crippen LogP contribution in [0.25, 0.3) is 0 Å².